The molecule has 0 aliphatic carbocycles. The van der Waals surface area contributed by atoms with Crippen molar-refractivity contribution in [2.24, 2.45) is 0 Å². The van der Waals surface area contributed by atoms with Gasteiger partial charge < -0.3 is 23.7 Å². The zero-order valence-electron chi connectivity index (χ0n) is 18.3. The summed E-state index contributed by atoms with van der Waals surface area (Å²) in [5.74, 6) is 3.69. The third kappa shape index (κ3) is 4.88. The summed E-state index contributed by atoms with van der Waals surface area (Å²) in [6.07, 6.45) is 3.81. The predicted molar refractivity (Wildman–Crippen MR) is 120 cm³/mol. The van der Waals surface area contributed by atoms with E-state index in [4.69, 9.17) is 23.7 Å². The first-order chi connectivity index (χ1) is 15.2. The van der Waals surface area contributed by atoms with Crippen LogP contribution in [-0.4, -0.2) is 28.1 Å². The van der Waals surface area contributed by atoms with Crippen LogP contribution in [0, 0.1) is 0 Å². The summed E-state index contributed by atoms with van der Waals surface area (Å²) in [7, 11) is 4.90. The smallest absolute Gasteiger partial charge is 0.231 e. The van der Waals surface area contributed by atoms with Gasteiger partial charge in [0.15, 0.2) is 23.0 Å². The fourth-order valence-electron chi connectivity index (χ4n) is 3.83. The van der Waals surface area contributed by atoms with E-state index in [0.717, 1.165) is 42.7 Å². The molecule has 0 bridgehead atoms. The minimum absolute atomic E-state index is 0.316. The van der Waals surface area contributed by atoms with Gasteiger partial charge in [-0.15, -0.1) is 0 Å². The maximum absolute atomic E-state index is 5.47. The molecule has 3 aromatic carbocycles. The van der Waals surface area contributed by atoms with E-state index in [2.05, 4.69) is 36.4 Å². The molecule has 0 amide bonds. The van der Waals surface area contributed by atoms with Crippen LogP contribution in [0.2, 0.25) is 0 Å². The van der Waals surface area contributed by atoms with Crippen molar-refractivity contribution in [3.05, 3.63) is 76.9 Å². The number of benzene rings is 3. The molecule has 5 heteroatoms. The summed E-state index contributed by atoms with van der Waals surface area (Å²) >= 11 is 0. The minimum Gasteiger partial charge on any atom is -0.493 e. The van der Waals surface area contributed by atoms with E-state index in [1.807, 2.05) is 18.2 Å². The van der Waals surface area contributed by atoms with Crippen LogP contribution in [0.4, 0.5) is 0 Å². The first-order valence-corrected chi connectivity index (χ1v) is 10.5. The number of fused-ring (bicyclic) bond motifs is 1. The molecule has 0 saturated carbocycles. The fraction of sp³-hybridized carbons (Fsp3) is 0.308. The zero-order chi connectivity index (χ0) is 21.6. The highest BCUT2D eigenvalue weighted by atomic mass is 16.7. The van der Waals surface area contributed by atoms with Gasteiger partial charge in [0, 0.05) is 0 Å². The lowest BCUT2D eigenvalue weighted by atomic mass is 10.00. The molecule has 1 heterocycles. The molecule has 5 nitrogen and oxygen atoms in total. The molecule has 31 heavy (non-hydrogen) atoms. The van der Waals surface area contributed by atoms with Gasteiger partial charge in [-0.1, -0.05) is 30.3 Å². The molecular weight excluding hydrogens is 392 g/mol. The fourth-order valence-corrected chi connectivity index (χ4v) is 3.83. The van der Waals surface area contributed by atoms with E-state index in [0.29, 0.717) is 24.0 Å². The van der Waals surface area contributed by atoms with Crippen LogP contribution in [0.15, 0.2) is 54.6 Å². The van der Waals surface area contributed by atoms with E-state index in [1.54, 1.807) is 21.3 Å². The Morgan fingerprint density at radius 3 is 1.68 bits per heavy atom. The molecule has 0 radical (unpaired) electrons. The molecular formula is C26H28O5. The molecule has 3 aromatic rings. The van der Waals surface area contributed by atoms with Crippen molar-refractivity contribution in [1.82, 2.24) is 0 Å². The number of aryl methyl sites for hydroxylation is 4. The Morgan fingerprint density at radius 2 is 1.10 bits per heavy atom. The Hall–Kier alpha value is -3.34. The van der Waals surface area contributed by atoms with Crippen molar-refractivity contribution in [3.63, 3.8) is 0 Å². The van der Waals surface area contributed by atoms with Crippen molar-refractivity contribution in [1.29, 1.82) is 0 Å². The summed E-state index contributed by atoms with van der Waals surface area (Å²) in [6, 6.07) is 19.1. The SMILES string of the molecule is COc1cc(CCc2ccc(CCc3ccc4c(c3)OCO4)cc2)cc(OC)c1OC. The summed E-state index contributed by atoms with van der Waals surface area (Å²) in [5.41, 5.74) is 5.05. The molecule has 0 atom stereocenters. The average Bonchev–Trinajstić information content (AvgIpc) is 3.29. The van der Waals surface area contributed by atoms with Crippen molar-refractivity contribution >= 4 is 0 Å². The summed E-state index contributed by atoms with van der Waals surface area (Å²) < 4.78 is 27.2. The van der Waals surface area contributed by atoms with E-state index >= 15 is 0 Å². The topological polar surface area (TPSA) is 46.2 Å². The summed E-state index contributed by atoms with van der Waals surface area (Å²) in [4.78, 5) is 0. The largest absolute Gasteiger partial charge is 0.493 e. The Balaban J connectivity index is 1.34. The lowest BCUT2D eigenvalue weighted by Crippen LogP contribution is -1.99. The first-order valence-electron chi connectivity index (χ1n) is 10.5. The van der Waals surface area contributed by atoms with Crippen LogP contribution in [0.25, 0.3) is 0 Å². The third-order valence-electron chi connectivity index (χ3n) is 5.59. The maximum Gasteiger partial charge on any atom is 0.231 e. The van der Waals surface area contributed by atoms with Crippen molar-refractivity contribution in [2.45, 2.75) is 25.7 Å². The highest BCUT2D eigenvalue weighted by Gasteiger charge is 2.14. The number of ether oxygens (including phenoxy) is 5. The average molecular weight is 421 g/mol. The highest BCUT2D eigenvalue weighted by Crippen LogP contribution is 2.38. The molecule has 0 spiro atoms. The van der Waals surface area contributed by atoms with E-state index in [-0.39, 0.29) is 0 Å². The molecule has 1 aliphatic heterocycles. The Bertz CT molecular complexity index is 1000. The van der Waals surface area contributed by atoms with Crippen LogP contribution >= 0.6 is 0 Å². The van der Waals surface area contributed by atoms with Gasteiger partial charge in [-0.05, 0) is 72.2 Å². The van der Waals surface area contributed by atoms with E-state index < -0.39 is 0 Å². The molecule has 4 rings (SSSR count). The van der Waals surface area contributed by atoms with Crippen LogP contribution < -0.4 is 23.7 Å². The second-order valence-corrected chi connectivity index (χ2v) is 7.54. The van der Waals surface area contributed by atoms with Gasteiger partial charge in [0.25, 0.3) is 0 Å². The second kappa shape index (κ2) is 9.65. The monoisotopic (exact) mass is 420 g/mol. The lowest BCUT2D eigenvalue weighted by Gasteiger charge is -2.14. The third-order valence-corrected chi connectivity index (χ3v) is 5.59. The Kier molecular flexibility index (Phi) is 6.51. The number of methoxy groups -OCH3 is 3. The van der Waals surface area contributed by atoms with Crippen molar-refractivity contribution in [3.8, 4) is 28.7 Å². The molecule has 0 fully saturated rings. The Morgan fingerprint density at radius 1 is 0.581 bits per heavy atom. The van der Waals surface area contributed by atoms with Gasteiger partial charge >= 0.3 is 0 Å². The normalized spacial score (nSPS) is 12.0. The lowest BCUT2D eigenvalue weighted by molar-refractivity contribution is 0.174. The van der Waals surface area contributed by atoms with Gasteiger partial charge in [-0.25, -0.2) is 0 Å². The van der Waals surface area contributed by atoms with Crippen molar-refractivity contribution < 1.29 is 23.7 Å². The predicted octanol–water partition coefficient (Wildman–Crippen LogP) is 5.01. The molecule has 162 valence electrons. The van der Waals surface area contributed by atoms with Crippen LogP contribution in [0.1, 0.15) is 22.3 Å². The van der Waals surface area contributed by atoms with Crippen LogP contribution in [0.3, 0.4) is 0 Å². The molecule has 0 unspecified atom stereocenters. The van der Waals surface area contributed by atoms with Gasteiger partial charge in [0.1, 0.15) is 0 Å². The van der Waals surface area contributed by atoms with Crippen LogP contribution in [0.5, 0.6) is 28.7 Å². The Labute approximate surface area is 183 Å². The van der Waals surface area contributed by atoms with Gasteiger partial charge in [0.05, 0.1) is 21.3 Å². The van der Waals surface area contributed by atoms with Gasteiger partial charge in [-0.2, -0.15) is 0 Å². The van der Waals surface area contributed by atoms with Crippen molar-refractivity contribution in [2.75, 3.05) is 28.1 Å². The number of rotatable bonds is 9. The molecule has 1 aliphatic rings. The zero-order valence-corrected chi connectivity index (χ0v) is 18.3. The second-order valence-electron chi connectivity index (χ2n) is 7.54. The van der Waals surface area contributed by atoms with Crippen LogP contribution in [-0.2, 0) is 25.7 Å². The highest BCUT2D eigenvalue weighted by molar-refractivity contribution is 5.54. The van der Waals surface area contributed by atoms with Gasteiger partial charge in [0.2, 0.25) is 12.5 Å². The first kappa shape index (κ1) is 20.9. The number of hydrogen-bond acceptors (Lipinski definition) is 5. The van der Waals surface area contributed by atoms with E-state index in [9.17, 15) is 0 Å². The standard InChI is InChI=1S/C26H28O5/c1-27-24-15-21(16-25(28-2)26(24)29-3)11-9-19-6-4-18(5-7-19)8-10-20-12-13-22-23(14-20)31-17-30-22/h4-7,12-16H,8-11,17H2,1-3H3. The summed E-state index contributed by atoms with van der Waals surface area (Å²) in [5, 5.41) is 0. The molecule has 0 N–H and O–H groups in total. The summed E-state index contributed by atoms with van der Waals surface area (Å²) in [6.45, 7) is 0.316. The quantitative estimate of drug-likeness (QED) is 0.487. The minimum atomic E-state index is 0.316. The maximum atomic E-state index is 5.47. The molecule has 0 saturated heterocycles. The number of hydrogen-bond donors (Lipinski definition) is 0. The molecule has 0 aromatic heterocycles. The van der Waals surface area contributed by atoms with Gasteiger partial charge in [-0.3, -0.25) is 0 Å². The van der Waals surface area contributed by atoms with E-state index in [1.165, 1.54) is 16.7 Å².